The molecule has 0 unspecified atom stereocenters. The van der Waals surface area contributed by atoms with E-state index >= 15 is 0 Å². The van der Waals surface area contributed by atoms with E-state index in [0.29, 0.717) is 6.54 Å². The largest absolute Gasteiger partial charge is 0.350 e. The number of aromatic nitrogens is 1. The summed E-state index contributed by atoms with van der Waals surface area (Å²) in [5, 5.41) is 2.83. The Morgan fingerprint density at radius 3 is 2.74 bits per heavy atom. The summed E-state index contributed by atoms with van der Waals surface area (Å²) in [6.45, 7) is 7.00. The number of halogens is 1. The molecule has 1 aromatic rings. The molecule has 1 amide bonds. The number of nitrogens with one attached hydrogen (secondary N) is 1. The molecule has 19 heavy (non-hydrogen) atoms. The van der Waals surface area contributed by atoms with Crippen LogP contribution in [0, 0.1) is 11.4 Å². The topological polar surface area (TPSA) is 42.0 Å². The zero-order chi connectivity index (χ0) is 14.3. The molecule has 0 fully saturated rings. The number of hydrogen-bond donors (Lipinski definition) is 1. The lowest BCUT2D eigenvalue weighted by atomic mass is 9.87. The van der Waals surface area contributed by atoms with Crippen molar-refractivity contribution in [2.24, 2.45) is 5.41 Å². The molecule has 3 nitrogen and oxygen atoms in total. The molecule has 0 aliphatic heterocycles. The van der Waals surface area contributed by atoms with Gasteiger partial charge in [0.2, 0.25) is 5.95 Å². The Labute approximate surface area is 114 Å². The van der Waals surface area contributed by atoms with Crippen LogP contribution in [-0.2, 0) is 0 Å². The first-order valence-corrected chi connectivity index (χ1v) is 6.85. The molecule has 0 saturated carbocycles. The third-order valence-corrected chi connectivity index (χ3v) is 3.13. The number of nitrogens with zero attached hydrogens (tertiary/aromatic N) is 1. The molecule has 0 radical (unpaired) electrons. The van der Waals surface area contributed by atoms with Crippen LogP contribution >= 0.6 is 0 Å². The molecule has 0 aliphatic carbocycles. The molecular formula is C15H23FN2O. The second-order valence-corrected chi connectivity index (χ2v) is 5.65. The van der Waals surface area contributed by atoms with E-state index in [2.05, 4.69) is 31.1 Å². The lowest BCUT2D eigenvalue weighted by Crippen LogP contribution is -2.34. The summed E-state index contributed by atoms with van der Waals surface area (Å²) in [6.07, 6.45) is 4.63. The molecule has 1 heterocycles. The van der Waals surface area contributed by atoms with Gasteiger partial charge in [-0.1, -0.05) is 46.1 Å². The molecule has 4 heteroatoms. The average Bonchev–Trinajstić information content (AvgIpc) is 2.36. The van der Waals surface area contributed by atoms with Crippen molar-refractivity contribution >= 4 is 5.91 Å². The van der Waals surface area contributed by atoms with E-state index in [4.69, 9.17) is 0 Å². The van der Waals surface area contributed by atoms with Gasteiger partial charge in [-0.05, 0) is 24.0 Å². The minimum absolute atomic E-state index is 0.0537. The van der Waals surface area contributed by atoms with Crippen LogP contribution in [0.4, 0.5) is 4.39 Å². The first-order chi connectivity index (χ1) is 8.94. The van der Waals surface area contributed by atoms with E-state index in [1.54, 1.807) is 0 Å². The number of pyridine rings is 1. The Hall–Kier alpha value is -1.45. The lowest BCUT2D eigenvalue weighted by molar-refractivity contribution is 0.0928. The van der Waals surface area contributed by atoms with Gasteiger partial charge in [-0.3, -0.25) is 4.79 Å². The maximum absolute atomic E-state index is 12.9. The van der Waals surface area contributed by atoms with Crippen LogP contribution in [-0.4, -0.2) is 17.4 Å². The highest BCUT2D eigenvalue weighted by Crippen LogP contribution is 2.22. The van der Waals surface area contributed by atoms with Gasteiger partial charge in [0, 0.05) is 6.54 Å². The van der Waals surface area contributed by atoms with Crippen molar-refractivity contribution in [3.05, 3.63) is 29.8 Å². The van der Waals surface area contributed by atoms with Crippen molar-refractivity contribution in [3.8, 4) is 0 Å². The summed E-state index contributed by atoms with van der Waals surface area (Å²) in [7, 11) is 0. The Morgan fingerprint density at radius 1 is 1.37 bits per heavy atom. The van der Waals surface area contributed by atoms with Crippen molar-refractivity contribution in [2.75, 3.05) is 6.54 Å². The first kappa shape index (κ1) is 15.6. The van der Waals surface area contributed by atoms with Crippen LogP contribution in [0.3, 0.4) is 0 Å². The molecule has 106 valence electrons. The Kier molecular flexibility index (Phi) is 5.93. The van der Waals surface area contributed by atoms with Crippen molar-refractivity contribution in [1.82, 2.24) is 10.3 Å². The minimum atomic E-state index is -0.630. The monoisotopic (exact) mass is 266 g/mol. The Bertz CT molecular complexity index is 418. The summed E-state index contributed by atoms with van der Waals surface area (Å²) < 4.78 is 12.9. The van der Waals surface area contributed by atoms with Crippen molar-refractivity contribution < 1.29 is 9.18 Å². The van der Waals surface area contributed by atoms with Crippen LogP contribution in [0.5, 0.6) is 0 Å². The molecule has 0 atom stereocenters. The van der Waals surface area contributed by atoms with Crippen LogP contribution in [0.1, 0.15) is 56.9 Å². The summed E-state index contributed by atoms with van der Waals surface area (Å²) in [6, 6.07) is 4.23. The molecule has 1 rings (SSSR count). The van der Waals surface area contributed by atoms with E-state index in [9.17, 15) is 9.18 Å². The number of rotatable bonds is 7. The average molecular weight is 266 g/mol. The third-order valence-electron chi connectivity index (χ3n) is 3.13. The predicted octanol–water partition coefficient (Wildman–Crippen LogP) is 3.56. The quantitative estimate of drug-likeness (QED) is 0.605. The van der Waals surface area contributed by atoms with E-state index in [0.717, 1.165) is 12.8 Å². The molecular weight excluding hydrogens is 243 g/mol. The van der Waals surface area contributed by atoms with E-state index in [-0.39, 0.29) is 17.0 Å². The van der Waals surface area contributed by atoms with Crippen LogP contribution < -0.4 is 5.32 Å². The molecule has 0 aliphatic rings. The van der Waals surface area contributed by atoms with E-state index in [1.807, 2.05) is 0 Å². The van der Waals surface area contributed by atoms with Crippen LogP contribution in [0.15, 0.2) is 18.2 Å². The number of unbranched alkanes of at least 4 members (excludes halogenated alkanes) is 2. The zero-order valence-corrected chi connectivity index (χ0v) is 12.0. The third kappa shape index (κ3) is 5.81. The minimum Gasteiger partial charge on any atom is -0.350 e. The van der Waals surface area contributed by atoms with Gasteiger partial charge < -0.3 is 5.32 Å². The summed E-state index contributed by atoms with van der Waals surface area (Å²) in [5.41, 5.74) is 0.183. The smallest absolute Gasteiger partial charge is 0.270 e. The van der Waals surface area contributed by atoms with Gasteiger partial charge >= 0.3 is 0 Å². The van der Waals surface area contributed by atoms with Crippen molar-refractivity contribution in [2.45, 2.75) is 46.5 Å². The summed E-state index contributed by atoms with van der Waals surface area (Å²) in [4.78, 5) is 15.4. The molecule has 0 saturated heterocycles. The van der Waals surface area contributed by atoms with Gasteiger partial charge in [-0.15, -0.1) is 0 Å². The molecule has 1 aromatic heterocycles. The Balaban J connectivity index is 2.45. The normalized spacial score (nSPS) is 11.4. The first-order valence-electron chi connectivity index (χ1n) is 6.85. The number of carbonyl (C=O) groups is 1. The highest BCUT2D eigenvalue weighted by Gasteiger charge is 2.19. The fourth-order valence-electron chi connectivity index (χ4n) is 1.89. The maximum atomic E-state index is 12.9. The number of carbonyl (C=O) groups excluding carboxylic acids is 1. The van der Waals surface area contributed by atoms with Gasteiger partial charge in [-0.2, -0.15) is 4.39 Å². The van der Waals surface area contributed by atoms with Gasteiger partial charge in [0.15, 0.2) is 0 Å². The Morgan fingerprint density at radius 2 is 2.11 bits per heavy atom. The molecule has 0 spiro atoms. The van der Waals surface area contributed by atoms with Crippen molar-refractivity contribution in [3.63, 3.8) is 0 Å². The van der Waals surface area contributed by atoms with Crippen LogP contribution in [0.2, 0.25) is 0 Å². The highest BCUT2D eigenvalue weighted by molar-refractivity contribution is 5.92. The van der Waals surface area contributed by atoms with Gasteiger partial charge in [0.05, 0.1) is 0 Å². The van der Waals surface area contributed by atoms with Crippen LogP contribution in [0.25, 0.3) is 0 Å². The molecule has 0 bridgehead atoms. The van der Waals surface area contributed by atoms with Crippen molar-refractivity contribution in [1.29, 1.82) is 0 Å². The maximum Gasteiger partial charge on any atom is 0.270 e. The second-order valence-electron chi connectivity index (χ2n) is 5.65. The fraction of sp³-hybridized carbons (Fsp3) is 0.600. The number of amides is 1. The van der Waals surface area contributed by atoms with Gasteiger partial charge in [-0.25, -0.2) is 4.98 Å². The predicted molar refractivity (Wildman–Crippen MR) is 74.5 cm³/mol. The zero-order valence-electron chi connectivity index (χ0n) is 12.0. The van der Waals surface area contributed by atoms with E-state index in [1.165, 1.54) is 31.0 Å². The lowest BCUT2D eigenvalue weighted by Gasteiger charge is -2.24. The number of hydrogen-bond acceptors (Lipinski definition) is 2. The fourth-order valence-corrected chi connectivity index (χ4v) is 1.89. The second kappa shape index (κ2) is 7.22. The highest BCUT2D eigenvalue weighted by atomic mass is 19.1. The summed E-state index contributed by atoms with van der Waals surface area (Å²) >= 11 is 0. The van der Waals surface area contributed by atoms with Gasteiger partial charge in [0.1, 0.15) is 5.69 Å². The summed E-state index contributed by atoms with van der Waals surface area (Å²) in [5.74, 6) is -0.946. The SMILES string of the molecule is CCCCCC(C)(C)CNC(=O)c1cccc(F)n1. The molecule has 1 N–H and O–H groups in total. The van der Waals surface area contributed by atoms with Gasteiger partial charge in [0.25, 0.3) is 5.91 Å². The standard InChI is InChI=1S/C15H23FN2O/c1-4-5-6-10-15(2,3)11-17-14(19)12-8-7-9-13(16)18-12/h7-9H,4-6,10-11H2,1-3H3,(H,17,19). The molecule has 0 aromatic carbocycles. The van der Waals surface area contributed by atoms with E-state index < -0.39 is 5.95 Å².